The van der Waals surface area contributed by atoms with Crippen molar-refractivity contribution in [1.82, 2.24) is 14.8 Å². The van der Waals surface area contributed by atoms with Crippen LogP contribution in [-0.2, 0) is 0 Å². The minimum absolute atomic E-state index is 0.125. The average Bonchev–Trinajstić information content (AvgIpc) is 3.23. The number of benzene rings is 1. The van der Waals surface area contributed by atoms with E-state index in [9.17, 15) is 10.1 Å². The number of carbonyl (C=O) groups excluding carboxylic acids is 1. The number of anilines is 1. The van der Waals surface area contributed by atoms with Crippen LogP contribution in [0.4, 0.5) is 5.82 Å². The topological polar surface area (TPSA) is 96.7 Å². The van der Waals surface area contributed by atoms with Crippen LogP contribution in [0.15, 0.2) is 52.4 Å². The number of nitriles is 1. The lowest BCUT2D eigenvalue weighted by Gasteiger charge is -2.08. The Kier molecular flexibility index (Phi) is 4.12. The number of carbonyl (C=O) groups is 1. The first kappa shape index (κ1) is 14.9. The molecule has 0 aliphatic carbocycles. The summed E-state index contributed by atoms with van der Waals surface area (Å²) < 4.78 is 6.34. The molecule has 0 radical (unpaired) electrons. The maximum atomic E-state index is 12.2. The Labute approximate surface area is 135 Å². The van der Waals surface area contributed by atoms with Gasteiger partial charge >= 0.3 is 0 Å². The number of nitrogens with one attached hydrogen (secondary N) is 1. The van der Waals surface area contributed by atoms with Gasteiger partial charge in [0.15, 0.2) is 17.9 Å². The Balaban J connectivity index is 2.08. The predicted molar refractivity (Wildman–Crippen MR) is 84.5 cm³/mol. The fourth-order valence-corrected chi connectivity index (χ4v) is 2.52. The molecule has 114 valence electrons. The van der Waals surface area contributed by atoms with E-state index >= 15 is 0 Å². The first-order valence-corrected chi connectivity index (χ1v) is 7.79. The Morgan fingerprint density at radius 3 is 2.78 bits per heavy atom. The number of thioether (sulfide) groups is 1. The zero-order chi connectivity index (χ0) is 16.2. The van der Waals surface area contributed by atoms with E-state index in [0.29, 0.717) is 16.4 Å². The van der Waals surface area contributed by atoms with Crippen molar-refractivity contribution in [3.8, 4) is 11.8 Å². The first-order chi connectivity index (χ1) is 11.2. The maximum Gasteiger partial charge on any atom is 0.278 e. The van der Waals surface area contributed by atoms with Crippen molar-refractivity contribution in [3.63, 3.8) is 0 Å². The third-order valence-electron chi connectivity index (χ3n) is 3.06. The normalized spacial score (nSPS) is 10.3. The molecule has 0 saturated heterocycles. The van der Waals surface area contributed by atoms with Gasteiger partial charge in [-0.25, -0.2) is 9.67 Å². The van der Waals surface area contributed by atoms with Gasteiger partial charge in [-0.05, 0) is 18.4 Å². The van der Waals surface area contributed by atoms with Crippen molar-refractivity contribution < 1.29 is 9.21 Å². The highest BCUT2D eigenvalue weighted by atomic mass is 32.2. The summed E-state index contributed by atoms with van der Waals surface area (Å²) in [6.45, 7) is 0. The summed E-state index contributed by atoms with van der Waals surface area (Å²) >= 11 is 1.33. The fourth-order valence-electron chi connectivity index (χ4n) is 2.01. The van der Waals surface area contributed by atoms with E-state index in [4.69, 9.17) is 4.42 Å². The van der Waals surface area contributed by atoms with Gasteiger partial charge < -0.3 is 9.73 Å². The van der Waals surface area contributed by atoms with Gasteiger partial charge in [0.2, 0.25) is 0 Å². The van der Waals surface area contributed by atoms with Crippen molar-refractivity contribution in [2.24, 2.45) is 0 Å². The molecule has 7 nitrogen and oxygen atoms in total. The third kappa shape index (κ3) is 2.82. The van der Waals surface area contributed by atoms with Gasteiger partial charge in [-0.2, -0.15) is 10.4 Å². The van der Waals surface area contributed by atoms with Crippen molar-refractivity contribution in [3.05, 3.63) is 54.2 Å². The van der Waals surface area contributed by atoms with Crippen LogP contribution < -0.4 is 5.32 Å². The van der Waals surface area contributed by atoms with Crippen molar-refractivity contribution in [2.75, 3.05) is 11.6 Å². The highest BCUT2D eigenvalue weighted by molar-refractivity contribution is 7.98. The molecule has 0 saturated carbocycles. The van der Waals surface area contributed by atoms with Gasteiger partial charge in [-0.3, -0.25) is 4.79 Å². The minimum Gasteiger partial charge on any atom is -0.451 e. The third-order valence-corrected chi connectivity index (χ3v) is 3.73. The number of hydrogen-bond acceptors (Lipinski definition) is 6. The van der Waals surface area contributed by atoms with E-state index in [1.807, 2.05) is 36.6 Å². The Bertz CT molecular complexity index is 865. The second-order valence-corrected chi connectivity index (χ2v) is 5.21. The maximum absolute atomic E-state index is 12.2. The molecule has 0 aliphatic rings. The lowest BCUT2D eigenvalue weighted by Crippen LogP contribution is -2.16. The summed E-state index contributed by atoms with van der Waals surface area (Å²) in [5.74, 6) is -0.170. The number of amides is 1. The molecule has 0 fully saturated rings. The number of aromatic nitrogens is 3. The lowest BCUT2D eigenvalue weighted by molar-refractivity contribution is 0.102. The highest BCUT2D eigenvalue weighted by Gasteiger charge is 2.21. The molecule has 2 heterocycles. The van der Waals surface area contributed by atoms with Gasteiger partial charge in [-0.15, -0.1) is 11.8 Å². The van der Waals surface area contributed by atoms with Crippen LogP contribution in [0.2, 0.25) is 0 Å². The number of para-hydroxylation sites is 1. The van der Waals surface area contributed by atoms with Crippen LogP contribution in [0.5, 0.6) is 0 Å². The largest absolute Gasteiger partial charge is 0.451 e. The molecule has 0 unspecified atom stereocenters. The van der Waals surface area contributed by atoms with Crippen molar-refractivity contribution >= 4 is 23.5 Å². The quantitative estimate of drug-likeness (QED) is 0.741. The first-order valence-electron chi connectivity index (χ1n) is 6.56. The molecular formula is C15H11N5O2S. The molecule has 2 aromatic heterocycles. The van der Waals surface area contributed by atoms with E-state index in [1.54, 1.807) is 0 Å². The van der Waals surface area contributed by atoms with Gasteiger partial charge in [-0.1, -0.05) is 18.2 Å². The number of nitrogens with zero attached hydrogens (tertiary/aromatic N) is 4. The Hall–Kier alpha value is -3.05. The van der Waals surface area contributed by atoms with Crippen LogP contribution in [0.3, 0.4) is 0 Å². The second-order valence-electron chi connectivity index (χ2n) is 4.42. The summed E-state index contributed by atoms with van der Waals surface area (Å²) in [6.07, 6.45) is 4.23. The highest BCUT2D eigenvalue weighted by Crippen LogP contribution is 2.29. The standard InChI is InChI=1S/C15H11N5O2S/c1-23-15-11(7-16)13(18-14(21)12-8-22-9-17-12)20(19-15)10-5-3-2-4-6-10/h2-6,8-9H,1H3,(H,18,21). The molecule has 0 atom stereocenters. The zero-order valence-corrected chi connectivity index (χ0v) is 12.9. The SMILES string of the molecule is CSc1nn(-c2ccccc2)c(NC(=O)c2cocn2)c1C#N. The molecule has 0 spiro atoms. The molecule has 1 aromatic carbocycles. The molecule has 1 N–H and O–H groups in total. The molecule has 8 heteroatoms. The number of hydrogen-bond donors (Lipinski definition) is 1. The second kappa shape index (κ2) is 6.37. The molecule has 23 heavy (non-hydrogen) atoms. The van der Waals surface area contributed by atoms with Gasteiger partial charge in [0, 0.05) is 0 Å². The fraction of sp³-hybridized carbons (Fsp3) is 0.0667. The van der Waals surface area contributed by atoms with Gasteiger partial charge in [0.1, 0.15) is 22.9 Å². The molecule has 0 bridgehead atoms. The van der Waals surface area contributed by atoms with Crippen molar-refractivity contribution in [1.29, 1.82) is 5.26 Å². The van der Waals surface area contributed by atoms with Crippen LogP contribution in [0.1, 0.15) is 16.1 Å². The lowest BCUT2D eigenvalue weighted by atomic mass is 10.3. The molecule has 0 aliphatic heterocycles. The summed E-state index contributed by atoms with van der Waals surface area (Å²) in [5, 5.41) is 17.1. The number of rotatable bonds is 4. The van der Waals surface area contributed by atoms with Crippen LogP contribution in [0, 0.1) is 11.3 Å². The predicted octanol–water partition coefficient (Wildman–Crippen LogP) is 2.71. The van der Waals surface area contributed by atoms with Crippen LogP contribution in [-0.4, -0.2) is 26.9 Å². The average molecular weight is 325 g/mol. The Morgan fingerprint density at radius 2 is 2.17 bits per heavy atom. The van der Waals surface area contributed by atoms with E-state index in [0.717, 1.165) is 5.69 Å². The minimum atomic E-state index is -0.472. The summed E-state index contributed by atoms with van der Waals surface area (Å²) in [4.78, 5) is 16.0. The zero-order valence-electron chi connectivity index (χ0n) is 12.1. The van der Waals surface area contributed by atoms with Crippen LogP contribution in [0.25, 0.3) is 5.69 Å². The molecule has 3 aromatic rings. The monoisotopic (exact) mass is 325 g/mol. The van der Waals surface area contributed by atoms with E-state index in [2.05, 4.69) is 21.5 Å². The van der Waals surface area contributed by atoms with Crippen molar-refractivity contribution in [2.45, 2.75) is 5.03 Å². The van der Waals surface area contributed by atoms with Crippen LogP contribution >= 0.6 is 11.8 Å². The summed E-state index contributed by atoms with van der Waals surface area (Å²) in [5.41, 5.74) is 1.17. The Morgan fingerprint density at radius 1 is 1.39 bits per heavy atom. The smallest absolute Gasteiger partial charge is 0.278 e. The van der Waals surface area contributed by atoms with Gasteiger partial charge in [0.05, 0.1) is 5.69 Å². The van der Waals surface area contributed by atoms with Gasteiger partial charge in [0.25, 0.3) is 5.91 Å². The summed E-state index contributed by atoms with van der Waals surface area (Å²) in [6, 6.07) is 11.3. The summed E-state index contributed by atoms with van der Waals surface area (Å²) in [7, 11) is 0. The van der Waals surface area contributed by atoms with E-state index < -0.39 is 5.91 Å². The molecule has 1 amide bonds. The molecular weight excluding hydrogens is 314 g/mol. The van der Waals surface area contributed by atoms with E-state index in [1.165, 1.54) is 29.1 Å². The number of oxazole rings is 1. The van der Waals surface area contributed by atoms with E-state index in [-0.39, 0.29) is 5.69 Å². The molecule has 3 rings (SSSR count).